The van der Waals surface area contributed by atoms with Crippen molar-refractivity contribution in [1.82, 2.24) is 9.80 Å². The van der Waals surface area contributed by atoms with Crippen LogP contribution in [0.25, 0.3) is 0 Å². The number of hydrogen-bond acceptors (Lipinski definition) is 3. The average Bonchev–Trinajstić information content (AvgIpc) is 3.04. The zero-order valence-electron chi connectivity index (χ0n) is 13.2. The normalized spacial score (nSPS) is 31.8. The Labute approximate surface area is 128 Å². The highest BCUT2D eigenvalue weighted by molar-refractivity contribution is 5.79. The number of rotatable bonds is 3. The summed E-state index contributed by atoms with van der Waals surface area (Å²) >= 11 is 0. The molecule has 2 aliphatic heterocycles. The van der Waals surface area contributed by atoms with Crippen LogP contribution in [0, 0.1) is 5.92 Å². The minimum absolute atomic E-state index is 0.246. The maximum absolute atomic E-state index is 12.5. The second kappa shape index (κ2) is 6.93. The molecule has 3 aliphatic rings. The Balaban J connectivity index is 1.46. The fourth-order valence-corrected chi connectivity index (χ4v) is 4.01. The molecule has 2 heterocycles. The summed E-state index contributed by atoms with van der Waals surface area (Å²) in [4.78, 5) is 17.2. The van der Waals surface area contributed by atoms with Crippen LogP contribution in [0.2, 0.25) is 0 Å². The zero-order valence-corrected chi connectivity index (χ0v) is 13.2. The molecule has 1 aliphatic carbocycles. The molecule has 2 fully saturated rings. The first kappa shape index (κ1) is 15.0. The molecule has 21 heavy (non-hydrogen) atoms. The van der Waals surface area contributed by atoms with E-state index in [9.17, 15) is 4.79 Å². The highest BCUT2D eigenvalue weighted by Gasteiger charge is 2.33. The Morgan fingerprint density at radius 1 is 1.10 bits per heavy atom. The van der Waals surface area contributed by atoms with Crippen LogP contribution in [0.5, 0.6) is 0 Å². The molecular weight excluding hydrogens is 264 g/mol. The number of methoxy groups -OCH3 is 1. The van der Waals surface area contributed by atoms with Gasteiger partial charge in [0.25, 0.3) is 0 Å². The van der Waals surface area contributed by atoms with Crippen molar-refractivity contribution in [1.29, 1.82) is 0 Å². The number of hydrogen-bond donors (Lipinski definition) is 0. The van der Waals surface area contributed by atoms with Gasteiger partial charge in [0.1, 0.15) is 0 Å². The molecule has 118 valence electrons. The maximum Gasteiger partial charge on any atom is 0.226 e. The van der Waals surface area contributed by atoms with E-state index < -0.39 is 0 Å². The molecule has 0 saturated carbocycles. The molecule has 4 nitrogen and oxygen atoms in total. The molecule has 0 bridgehead atoms. The minimum Gasteiger partial charge on any atom is -0.380 e. The van der Waals surface area contributed by atoms with Gasteiger partial charge in [-0.25, -0.2) is 0 Å². The summed E-state index contributed by atoms with van der Waals surface area (Å²) in [6, 6.07) is 0.653. The average molecular weight is 292 g/mol. The van der Waals surface area contributed by atoms with Crippen LogP contribution in [0.15, 0.2) is 12.2 Å². The second-order valence-corrected chi connectivity index (χ2v) is 6.68. The van der Waals surface area contributed by atoms with Gasteiger partial charge in [0, 0.05) is 45.2 Å². The highest BCUT2D eigenvalue weighted by atomic mass is 16.5. The molecule has 0 aromatic carbocycles. The summed E-state index contributed by atoms with van der Waals surface area (Å²) in [6.45, 7) is 4.11. The summed E-state index contributed by atoms with van der Waals surface area (Å²) in [5.41, 5.74) is 0. The van der Waals surface area contributed by atoms with Crippen molar-refractivity contribution < 1.29 is 9.53 Å². The van der Waals surface area contributed by atoms with Gasteiger partial charge in [-0.3, -0.25) is 9.69 Å². The molecular formula is C17H28N2O2. The van der Waals surface area contributed by atoms with Crippen molar-refractivity contribution in [2.45, 2.75) is 50.7 Å². The van der Waals surface area contributed by atoms with Crippen molar-refractivity contribution in [3.63, 3.8) is 0 Å². The van der Waals surface area contributed by atoms with E-state index in [4.69, 9.17) is 4.74 Å². The van der Waals surface area contributed by atoms with E-state index in [0.717, 1.165) is 64.7 Å². The predicted molar refractivity (Wildman–Crippen MR) is 83.1 cm³/mol. The largest absolute Gasteiger partial charge is 0.380 e. The van der Waals surface area contributed by atoms with E-state index in [-0.39, 0.29) is 5.92 Å². The lowest BCUT2D eigenvalue weighted by Gasteiger charge is -2.38. The molecule has 0 N–H and O–H groups in total. The standard InChI is InChI=1S/C17H28N2O2/c1-21-16-9-12-19(13-16)15-7-10-18(11-8-15)17(20)14-5-3-2-4-6-14/h2-3,14-16H,4-13H2,1H3/t14-,16-/m1/s1. The fourth-order valence-electron chi connectivity index (χ4n) is 4.01. The first-order valence-corrected chi connectivity index (χ1v) is 8.48. The van der Waals surface area contributed by atoms with Crippen molar-refractivity contribution >= 4 is 5.91 Å². The first-order valence-electron chi connectivity index (χ1n) is 8.48. The molecule has 2 saturated heterocycles. The van der Waals surface area contributed by atoms with Gasteiger partial charge in [-0.15, -0.1) is 0 Å². The number of amides is 1. The molecule has 3 rings (SSSR count). The fraction of sp³-hybridized carbons (Fsp3) is 0.824. The van der Waals surface area contributed by atoms with Crippen LogP contribution in [0.3, 0.4) is 0 Å². The number of nitrogens with zero attached hydrogens (tertiary/aromatic N) is 2. The molecule has 0 radical (unpaired) electrons. The summed E-state index contributed by atoms with van der Waals surface area (Å²) < 4.78 is 5.46. The van der Waals surface area contributed by atoms with Crippen LogP contribution in [-0.2, 0) is 9.53 Å². The van der Waals surface area contributed by atoms with Crippen molar-refractivity contribution in [2.24, 2.45) is 5.92 Å². The van der Waals surface area contributed by atoms with E-state index in [1.165, 1.54) is 0 Å². The summed E-state index contributed by atoms with van der Waals surface area (Å²) in [5.74, 6) is 0.644. The van der Waals surface area contributed by atoms with Crippen LogP contribution in [0.4, 0.5) is 0 Å². The van der Waals surface area contributed by atoms with Gasteiger partial charge in [0.2, 0.25) is 5.91 Å². The molecule has 1 amide bonds. The lowest BCUT2D eigenvalue weighted by atomic mass is 9.92. The van der Waals surface area contributed by atoms with Gasteiger partial charge in [-0.2, -0.15) is 0 Å². The van der Waals surface area contributed by atoms with Gasteiger partial charge in [-0.05, 0) is 38.5 Å². The van der Waals surface area contributed by atoms with Crippen molar-refractivity contribution in [3.05, 3.63) is 12.2 Å². The summed E-state index contributed by atoms with van der Waals surface area (Å²) in [7, 11) is 1.81. The van der Waals surface area contributed by atoms with Gasteiger partial charge < -0.3 is 9.64 Å². The van der Waals surface area contributed by atoms with E-state index >= 15 is 0 Å². The quantitative estimate of drug-likeness (QED) is 0.746. The molecule has 2 atom stereocenters. The van der Waals surface area contributed by atoms with Crippen LogP contribution in [-0.4, -0.2) is 61.1 Å². The first-order chi connectivity index (χ1) is 10.3. The Morgan fingerprint density at radius 2 is 1.90 bits per heavy atom. The lowest BCUT2D eigenvalue weighted by Crippen LogP contribution is -2.48. The third-order valence-electron chi connectivity index (χ3n) is 5.42. The highest BCUT2D eigenvalue weighted by Crippen LogP contribution is 2.26. The molecule has 4 heteroatoms. The number of carbonyl (C=O) groups is 1. The summed E-state index contributed by atoms with van der Waals surface area (Å²) in [5, 5.41) is 0. The van der Waals surface area contributed by atoms with Gasteiger partial charge in [0.05, 0.1) is 6.10 Å². The Hall–Kier alpha value is -0.870. The SMILES string of the molecule is CO[C@@H]1CCN(C2CCN(C(=O)[C@@H]3CC=CCC3)CC2)C1. The Kier molecular flexibility index (Phi) is 4.96. The van der Waals surface area contributed by atoms with Crippen molar-refractivity contribution in [3.8, 4) is 0 Å². The van der Waals surface area contributed by atoms with Gasteiger partial charge in [0.15, 0.2) is 0 Å². The smallest absolute Gasteiger partial charge is 0.226 e. The van der Waals surface area contributed by atoms with Crippen LogP contribution in [0.1, 0.15) is 38.5 Å². The minimum atomic E-state index is 0.246. The Morgan fingerprint density at radius 3 is 2.52 bits per heavy atom. The monoisotopic (exact) mass is 292 g/mol. The molecule has 0 unspecified atom stereocenters. The predicted octanol–water partition coefficient (Wildman–Crippen LogP) is 2.05. The van der Waals surface area contributed by atoms with E-state index in [1.54, 1.807) is 0 Å². The van der Waals surface area contributed by atoms with E-state index in [2.05, 4.69) is 22.0 Å². The van der Waals surface area contributed by atoms with Gasteiger partial charge in [-0.1, -0.05) is 12.2 Å². The third kappa shape index (κ3) is 3.49. The van der Waals surface area contributed by atoms with Crippen molar-refractivity contribution in [2.75, 3.05) is 33.3 Å². The maximum atomic E-state index is 12.5. The number of carbonyl (C=O) groups excluding carboxylic acids is 1. The van der Waals surface area contributed by atoms with Crippen LogP contribution >= 0.6 is 0 Å². The molecule has 0 aromatic heterocycles. The van der Waals surface area contributed by atoms with Gasteiger partial charge >= 0.3 is 0 Å². The number of allylic oxidation sites excluding steroid dienone is 2. The zero-order chi connectivity index (χ0) is 14.7. The topological polar surface area (TPSA) is 32.8 Å². The summed E-state index contributed by atoms with van der Waals surface area (Å²) in [6.07, 6.45) is 11.3. The lowest BCUT2D eigenvalue weighted by molar-refractivity contribution is -0.137. The van der Waals surface area contributed by atoms with E-state index in [0.29, 0.717) is 18.1 Å². The third-order valence-corrected chi connectivity index (χ3v) is 5.42. The molecule has 0 spiro atoms. The number of piperidine rings is 1. The Bertz CT molecular complexity index is 388. The molecule has 0 aromatic rings. The number of likely N-dealkylation sites (tertiary alicyclic amines) is 2. The number of ether oxygens (including phenoxy) is 1. The van der Waals surface area contributed by atoms with E-state index in [1.807, 2.05) is 7.11 Å². The second-order valence-electron chi connectivity index (χ2n) is 6.68. The van der Waals surface area contributed by atoms with Crippen LogP contribution < -0.4 is 0 Å².